The number of ether oxygens (including phenoxy) is 2. The lowest BCUT2D eigenvalue weighted by Crippen LogP contribution is -2.27. The number of hydrogen-bond acceptors (Lipinski definition) is 6. The first-order valence-corrected chi connectivity index (χ1v) is 8.85. The van der Waals surface area contributed by atoms with Crippen LogP contribution in [0.4, 0.5) is 5.69 Å². The van der Waals surface area contributed by atoms with Gasteiger partial charge in [-0.25, -0.2) is 0 Å². The van der Waals surface area contributed by atoms with Crippen LogP contribution in [-0.2, 0) is 4.79 Å². The Hall–Kier alpha value is -2.38. The second kappa shape index (κ2) is 7.67. The maximum absolute atomic E-state index is 12.7. The average Bonchev–Trinajstić information content (AvgIpc) is 2.90. The van der Waals surface area contributed by atoms with Crippen LogP contribution >= 0.6 is 24.0 Å². The van der Waals surface area contributed by atoms with Gasteiger partial charge in [0.15, 0.2) is 15.8 Å². The standard InChI is InChI=1S/C18H16N2O3S2/c1-3-23-15-9-12(6-7-14(15)22-2)10-16-17(21)20(18(24)25-16)13-5-4-8-19-11-13/h4-11H,3H2,1-2H3/b16-10-. The van der Waals surface area contributed by atoms with Crippen LogP contribution < -0.4 is 14.4 Å². The molecule has 7 heteroatoms. The molecule has 0 saturated carbocycles. The second-order valence-electron chi connectivity index (χ2n) is 5.07. The molecule has 1 aromatic carbocycles. The highest BCUT2D eigenvalue weighted by Crippen LogP contribution is 2.36. The first-order valence-electron chi connectivity index (χ1n) is 7.63. The summed E-state index contributed by atoms with van der Waals surface area (Å²) in [7, 11) is 1.59. The number of thioether (sulfide) groups is 1. The van der Waals surface area contributed by atoms with Crippen molar-refractivity contribution >= 4 is 46.0 Å². The van der Waals surface area contributed by atoms with Gasteiger partial charge in [0, 0.05) is 6.20 Å². The minimum absolute atomic E-state index is 0.156. The predicted molar refractivity (Wildman–Crippen MR) is 104 cm³/mol. The van der Waals surface area contributed by atoms with Crippen molar-refractivity contribution in [1.29, 1.82) is 0 Å². The molecule has 1 aromatic heterocycles. The normalized spacial score (nSPS) is 15.8. The van der Waals surface area contributed by atoms with Gasteiger partial charge in [0.2, 0.25) is 0 Å². The molecule has 3 rings (SSSR count). The molecule has 0 N–H and O–H groups in total. The van der Waals surface area contributed by atoms with E-state index in [4.69, 9.17) is 21.7 Å². The quantitative estimate of drug-likeness (QED) is 0.586. The SMILES string of the molecule is CCOc1cc(/C=C2\SC(=S)N(c3cccnc3)C2=O)ccc1OC. The molecule has 0 radical (unpaired) electrons. The molecular formula is C18H16N2O3S2. The number of aromatic nitrogens is 1. The zero-order valence-corrected chi connectivity index (χ0v) is 15.4. The molecule has 2 aromatic rings. The number of amides is 1. The Morgan fingerprint density at radius 3 is 2.84 bits per heavy atom. The van der Waals surface area contributed by atoms with Crippen LogP contribution in [0.15, 0.2) is 47.6 Å². The summed E-state index contributed by atoms with van der Waals surface area (Å²) in [6.45, 7) is 2.44. The summed E-state index contributed by atoms with van der Waals surface area (Å²) in [5, 5.41) is 0. The molecule has 5 nitrogen and oxygen atoms in total. The van der Waals surface area contributed by atoms with Crippen molar-refractivity contribution in [3.8, 4) is 11.5 Å². The number of anilines is 1. The molecule has 0 aliphatic carbocycles. The fraction of sp³-hybridized carbons (Fsp3) is 0.167. The Kier molecular flexibility index (Phi) is 5.35. The summed E-state index contributed by atoms with van der Waals surface area (Å²) in [4.78, 5) is 18.8. The van der Waals surface area contributed by atoms with Gasteiger partial charge in [-0.1, -0.05) is 30.0 Å². The summed E-state index contributed by atoms with van der Waals surface area (Å²) in [5.41, 5.74) is 1.51. The van der Waals surface area contributed by atoms with Gasteiger partial charge in [0.25, 0.3) is 5.91 Å². The van der Waals surface area contributed by atoms with Crippen LogP contribution in [-0.4, -0.2) is 28.9 Å². The summed E-state index contributed by atoms with van der Waals surface area (Å²) in [5.74, 6) is 1.14. The van der Waals surface area contributed by atoms with E-state index in [9.17, 15) is 4.79 Å². The molecule has 2 heterocycles. The maximum atomic E-state index is 12.7. The largest absolute Gasteiger partial charge is 0.493 e. The predicted octanol–water partition coefficient (Wildman–Crippen LogP) is 3.89. The molecule has 1 aliphatic rings. The number of hydrogen-bond donors (Lipinski definition) is 0. The summed E-state index contributed by atoms with van der Waals surface area (Å²) in [6, 6.07) is 9.12. The van der Waals surface area contributed by atoms with Crippen molar-refractivity contribution in [3.63, 3.8) is 0 Å². The number of nitrogens with zero attached hydrogens (tertiary/aromatic N) is 2. The summed E-state index contributed by atoms with van der Waals surface area (Å²) < 4.78 is 11.4. The van der Waals surface area contributed by atoms with Crippen molar-refractivity contribution in [2.45, 2.75) is 6.92 Å². The van der Waals surface area contributed by atoms with Gasteiger partial charge >= 0.3 is 0 Å². The molecule has 1 aliphatic heterocycles. The van der Waals surface area contributed by atoms with Gasteiger partial charge in [-0.15, -0.1) is 0 Å². The van der Waals surface area contributed by atoms with Gasteiger partial charge in [0.05, 0.1) is 30.5 Å². The number of pyridine rings is 1. The van der Waals surface area contributed by atoms with Gasteiger partial charge in [0.1, 0.15) is 0 Å². The van der Waals surface area contributed by atoms with Gasteiger partial charge < -0.3 is 9.47 Å². The monoisotopic (exact) mass is 372 g/mol. The van der Waals surface area contributed by atoms with Crippen LogP contribution in [0.2, 0.25) is 0 Å². The lowest BCUT2D eigenvalue weighted by molar-refractivity contribution is -0.113. The maximum Gasteiger partial charge on any atom is 0.270 e. The van der Waals surface area contributed by atoms with E-state index in [1.54, 1.807) is 37.7 Å². The highest BCUT2D eigenvalue weighted by Gasteiger charge is 2.33. The van der Waals surface area contributed by atoms with E-state index in [1.165, 1.54) is 16.7 Å². The van der Waals surface area contributed by atoms with Gasteiger partial charge in [-0.05, 0) is 42.8 Å². The van der Waals surface area contributed by atoms with Crippen LogP contribution in [0.25, 0.3) is 6.08 Å². The first-order chi connectivity index (χ1) is 12.1. The number of carbonyl (C=O) groups excluding carboxylic acids is 1. The van der Waals surface area contributed by atoms with Crippen LogP contribution in [0, 0.1) is 0 Å². The van der Waals surface area contributed by atoms with E-state index in [2.05, 4.69) is 4.98 Å². The molecule has 1 amide bonds. The van der Waals surface area contributed by atoms with Gasteiger partial charge in [-0.3, -0.25) is 14.7 Å². The van der Waals surface area contributed by atoms with Crippen molar-refractivity contribution < 1.29 is 14.3 Å². The Morgan fingerprint density at radius 2 is 2.16 bits per heavy atom. The molecule has 0 unspecified atom stereocenters. The number of carbonyl (C=O) groups is 1. The van der Waals surface area contributed by atoms with Crippen LogP contribution in [0.3, 0.4) is 0 Å². The third-order valence-electron chi connectivity index (χ3n) is 3.48. The first kappa shape index (κ1) is 17.4. The number of methoxy groups -OCH3 is 1. The van der Waals surface area contributed by atoms with E-state index in [0.717, 1.165) is 5.56 Å². The van der Waals surface area contributed by atoms with Crippen LogP contribution in [0.1, 0.15) is 12.5 Å². The smallest absolute Gasteiger partial charge is 0.270 e. The molecular weight excluding hydrogens is 356 g/mol. The number of thiocarbonyl (C=S) groups is 1. The Bertz CT molecular complexity index is 837. The van der Waals surface area contributed by atoms with E-state index < -0.39 is 0 Å². The minimum atomic E-state index is -0.156. The van der Waals surface area contributed by atoms with E-state index in [1.807, 2.05) is 25.1 Å². The second-order valence-corrected chi connectivity index (χ2v) is 6.75. The van der Waals surface area contributed by atoms with Crippen molar-refractivity contribution in [1.82, 2.24) is 4.98 Å². The highest BCUT2D eigenvalue weighted by atomic mass is 32.2. The lowest BCUT2D eigenvalue weighted by atomic mass is 10.2. The minimum Gasteiger partial charge on any atom is -0.493 e. The van der Waals surface area contributed by atoms with E-state index in [-0.39, 0.29) is 5.91 Å². The van der Waals surface area contributed by atoms with Crippen molar-refractivity contribution in [2.24, 2.45) is 0 Å². The molecule has 25 heavy (non-hydrogen) atoms. The number of benzene rings is 1. The Morgan fingerprint density at radius 1 is 1.32 bits per heavy atom. The average molecular weight is 372 g/mol. The molecule has 1 saturated heterocycles. The zero-order chi connectivity index (χ0) is 17.8. The van der Waals surface area contributed by atoms with Crippen molar-refractivity contribution in [3.05, 3.63) is 53.2 Å². The third-order valence-corrected chi connectivity index (χ3v) is 4.79. The number of rotatable bonds is 5. The van der Waals surface area contributed by atoms with E-state index >= 15 is 0 Å². The topological polar surface area (TPSA) is 51.7 Å². The van der Waals surface area contributed by atoms with E-state index in [0.29, 0.717) is 33.0 Å². The third kappa shape index (κ3) is 3.67. The molecule has 0 bridgehead atoms. The fourth-order valence-corrected chi connectivity index (χ4v) is 3.68. The van der Waals surface area contributed by atoms with Gasteiger partial charge in [-0.2, -0.15) is 0 Å². The summed E-state index contributed by atoms with van der Waals surface area (Å²) in [6.07, 6.45) is 5.08. The zero-order valence-electron chi connectivity index (χ0n) is 13.8. The molecule has 0 spiro atoms. The molecule has 1 fully saturated rings. The molecule has 0 atom stereocenters. The van der Waals surface area contributed by atoms with Crippen LogP contribution in [0.5, 0.6) is 11.5 Å². The lowest BCUT2D eigenvalue weighted by Gasteiger charge is -2.13. The van der Waals surface area contributed by atoms with Crippen molar-refractivity contribution in [2.75, 3.05) is 18.6 Å². The highest BCUT2D eigenvalue weighted by molar-refractivity contribution is 8.27. The Balaban J connectivity index is 1.91. The fourth-order valence-electron chi connectivity index (χ4n) is 2.38. The molecule has 128 valence electrons. The summed E-state index contributed by atoms with van der Waals surface area (Å²) >= 11 is 6.62. The Labute approximate surface area is 155 Å².